The van der Waals surface area contributed by atoms with Gasteiger partial charge in [-0.05, 0) is 19.3 Å². The molecule has 0 unspecified atom stereocenters. The fourth-order valence-electron chi connectivity index (χ4n) is 3.12. The van der Waals surface area contributed by atoms with Crippen LogP contribution in [0.3, 0.4) is 0 Å². The van der Waals surface area contributed by atoms with Gasteiger partial charge in [-0.15, -0.1) is 10.2 Å². The molecule has 1 spiro atoms. The lowest BCUT2D eigenvalue weighted by atomic mass is 9.93. The number of hydrogen-bond donors (Lipinski definition) is 2. The summed E-state index contributed by atoms with van der Waals surface area (Å²) in [7, 11) is 1.72. The summed E-state index contributed by atoms with van der Waals surface area (Å²) < 4.78 is 5.50. The van der Waals surface area contributed by atoms with Crippen molar-refractivity contribution in [2.75, 3.05) is 33.2 Å². The van der Waals surface area contributed by atoms with Gasteiger partial charge >= 0.3 is 12.1 Å². The predicted molar refractivity (Wildman–Crippen MR) is 78.5 cm³/mol. The standard InChI is InChI=1S/C13H21N7O3/c1-19-8-13(23-12(19)22)5-3-7-20(9-13)11(21)14-6-2-4-10-15-17-18-16-10/h2-9H2,1H3,(H,14,21)(H,15,16,17,18)/t13-/m0/s1. The quantitative estimate of drug-likeness (QED) is 0.739. The Morgan fingerprint density at radius 3 is 3.04 bits per heavy atom. The normalized spacial score (nSPS) is 24.1. The first-order valence-electron chi connectivity index (χ1n) is 7.77. The molecule has 0 bridgehead atoms. The maximum absolute atomic E-state index is 12.3. The Kier molecular flexibility index (Phi) is 4.30. The number of carbonyl (C=O) groups is 2. The van der Waals surface area contributed by atoms with Crippen molar-refractivity contribution in [2.45, 2.75) is 31.3 Å². The number of H-pyrrole nitrogens is 1. The van der Waals surface area contributed by atoms with E-state index in [0.29, 0.717) is 38.4 Å². The molecule has 0 saturated carbocycles. The lowest BCUT2D eigenvalue weighted by Gasteiger charge is -2.38. The molecule has 1 aromatic heterocycles. The number of tetrazole rings is 1. The second kappa shape index (κ2) is 6.39. The van der Waals surface area contributed by atoms with Gasteiger partial charge < -0.3 is 19.9 Å². The number of aromatic amines is 1. The highest BCUT2D eigenvalue weighted by molar-refractivity contribution is 5.75. The Hall–Kier alpha value is -2.39. The van der Waals surface area contributed by atoms with E-state index in [2.05, 4.69) is 25.9 Å². The molecule has 3 amide bonds. The van der Waals surface area contributed by atoms with Crippen molar-refractivity contribution in [2.24, 2.45) is 0 Å². The molecule has 1 atom stereocenters. The van der Waals surface area contributed by atoms with Crippen LogP contribution in [0.15, 0.2) is 0 Å². The molecular weight excluding hydrogens is 302 g/mol. The Balaban J connectivity index is 1.45. The van der Waals surface area contributed by atoms with Gasteiger partial charge in [0.25, 0.3) is 0 Å². The second-order valence-corrected chi connectivity index (χ2v) is 6.10. The third-order valence-corrected chi connectivity index (χ3v) is 4.21. The first-order valence-corrected chi connectivity index (χ1v) is 7.77. The number of piperidine rings is 1. The lowest BCUT2D eigenvalue weighted by molar-refractivity contribution is 0.00323. The number of rotatable bonds is 4. The van der Waals surface area contributed by atoms with Crippen molar-refractivity contribution in [1.29, 1.82) is 0 Å². The molecule has 10 nitrogen and oxygen atoms in total. The summed E-state index contributed by atoms with van der Waals surface area (Å²) >= 11 is 0. The van der Waals surface area contributed by atoms with E-state index < -0.39 is 5.60 Å². The SMILES string of the molecule is CN1C[C@]2(CCCN(C(=O)NCCCc3nn[nH]n3)C2)OC1=O. The molecule has 2 saturated heterocycles. The van der Waals surface area contributed by atoms with Crippen molar-refractivity contribution in [3.8, 4) is 0 Å². The van der Waals surface area contributed by atoms with Crippen molar-refractivity contribution in [3.05, 3.63) is 5.82 Å². The fraction of sp³-hybridized carbons (Fsp3) is 0.769. The monoisotopic (exact) mass is 323 g/mol. The van der Waals surface area contributed by atoms with Gasteiger partial charge in [-0.25, -0.2) is 9.59 Å². The largest absolute Gasteiger partial charge is 0.439 e. The average Bonchev–Trinajstić information content (AvgIpc) is 3.12. The Morgan fingerprint density at radius 2 is 2.35 bits per heavy atom. The zero-order valence-corrected chi connectivity index (χ0v) is 13.1. The molecule has 2 N–H and O–H groups in total. The first kappa shape index (κ1) is 15.5. The van der Waals surface area contributed by atoms with Gasteiger partial charge in [-0.2, -0.15) is 5.21 Å². The van der Waals surface area contributed by atoms with Crippen LogP contribution in [0.25, 0.3) is 0 Å². The van der Waals surface area contributed by atoms with E-state index in [9.17, 15) is 9.59 Å². The number of carbonyl (C=O) groups excluding carboxylic acids is 2. The number of nitrogens with one attached hydrogen (secondary N) is 2. The van der Waals surface area contributed by atoms with E-state index in [1.165, 1.54) is 0 Å². The van der Waals surface area contributed by atoms with Crippen LogP contribution in [-0.4, -0.2) is 81.4 Å². The number of urea groups is 1. The minimum atomic E-state index is -0.550. The maximum atomic E-state index is 12.3. The summed E-state index contributed by atoms with van der Waals surface area (Å²) in [5.41, 5.74) is -0.550. The summed E-state index contributed by atoms with van der Waals surface area (Å²) in [6.45, 7) is 2.20. The third-order valence-electron chi connectivity index (χ3n) is 4.21. The van der Waals surface area contributed by atoms with E-state index in [4.69, 9.17) is 4.74 Å². The highest BCUT2D eigenvalue weighted by atomic mass is 16.6. The van der Waals surface area contributed by atoms with Gasteiger partial charge in [0.2, 0.25) is 0 Å². The van der Waals surface area contributed by atoms with Crippen LogP contribution < -0.4 is 5.32 Å². The molecule has 1 aromatic rings. The topological polar surface area (TPSA) is 116 Å². The summed E-state index contributed by atoms with van der Waals surface area (Å²) in [6, 6.07) is -0.122. The zero-order chi connectivity index (χ0) is 16.3. The number of amides is 3. The second-order valence-electron chi connectivity index (χ2n) is 6.10. The van der Waals surface area contributed by atoms with Crippen LogP contribution >= 0.6 is 0 Å². The highest BCUT2D eigenvalue weighted by Crippen LogP contribution is 2.31. The predicted octanol–water partition coefficient (Wildman–Crippen LogP) is -0.241. The van der Waals surface area contributed by atoms with Gasteiger partial charge in [-0.3, -0.25) is 0 Å². The van der Waals surface area contributed by atoms with Crippen molar-refractivity contribution in [1.82, 2.24) is 35.7 Å². The molecule has 126 valence electrons. The number of likely N-dealkylation sites (N-methyl/N-ethyl adjacent to an activating group) is 1. The van der Waals surface area contributed by atoms with Gasteiger partial charge in [0.1, 0.15) is 5.60 Å². The molecule has 0 radical (unpaired) electrons. The van der Waals surface area contributed by atoms with E-state index >= 15 is 0 Å². The summed E-state index contributed by atoms with van der Waals surface area (Å²) in [5.74, 6) is 0.636. The average molecular weight is 323 g/mol. The Labute approximate surface area is 133 Å². The van der Waals surface area contributed by atoms with E-state index in [1.807, 2.05) is 0 Å². The molecule has 0 aromatic carbocycles. The first-order chi connectivity index (χ1) is 11.1. The number of aromatic nitrogens is 4. The molecule has 10 heteroatoms. The molecular formula is C13H21N7O3. The minimum absolute atomic E-state index is 0.122. The molecule has 23 heavy (non-hydrogen) atoms. The number of ether oxygens (including phenoxy) is 1. The van der Waals surface area contributed by atoms with Crippen LogP contribution in [0.2, 0.25) is 0 Å². The molecule has 2 aliphatic heterocycles. The van der Waals surface area contributed by atoms with E-state index in [-0.39, 0.29) is 12.1 Å². The smallest absolute Gasteiger partial charge is 0.410 e. The number of aryl methyl sites for hydroxylation is 1. The Bertz CT molecular complexity index is 564. The molecule has 3 heterocycles. The lowest BCUT2D eigenvalue weighted by Crippen LogP contribution is -2.54. The van der Waals surface area contributed by atoms with Gasteiger partial charge in [-0.1, -0.05) is 5.21 Å². The number of likely N-dealkylation sites (tertiary alicyclic amines) is 1. The minimum Gasteiger partial charge on any atom is -0.439 e. The van der Waals surface area contributed by atoms with Gasteiger partial charge in [0.15, 0.2) is 5.82 Å². The molecule has 2 fully saturated rings. The summed E-state index contributed by atoms with van der Waals surface area (Å²) in [5, 5.41) is 16.5. The van der Waals surface area contributed by atoms with Crippen LogP contribution in [0.4, 0.5) is 9.59 Å². The van der Waals surface area contributed by atoms with Crippen LogP contribution in [0.1, 0.15) is 25.1 Å². The maximum Gasteiger partial charge on any atom is 0.410 e. The van der Waals surface area contributed by atoms with Crippen molar-refractivity contribution < 1.29 is 14.3 Å². The third kappa shape index (κ3) is 3.51. The van der Waals surface area contributed by atoms with Crippen LogP contribution in [0, 0.1) is 0 Å². The number of nitrogens with zero attached hydrogens (tertiary/aromatic N) is 5. The van der Waals surface area contributed by atoms with E-state index in [0.717, 1.165) is 19.3 Å². The van der Waals surface area contributed by atoms with Crippen LogP contribution in [-0.2, 0) is 11.2 Å². The van der Waals surface area contributed by atoms with Crippen LogP contribution in [0.5, 0.6) is 0 Å². The highest BCUT2D eigenvalue weighted by Gasteiger charge is 2.47. The summed E-state index contributed by atoms with van der Waals surface area (Å²) in [4.78, 5) is 27.2. The van der Waals surface area contributed by atoms with Crippen molar-refractivity contribution in [3.63, 3.8) is 0 Å². The Morgan fingerprint density at radius 1 is 1.48 bits per heavy atom. The van der Waals surface area contributed by atoms with Gasteiger partial charge in [0.05, 0.1) is 13.1 Å². The molecule has 3 rings (SSSR count). The fourth-order valence-corrected chi connectivity index (χ4v) is 3.12. The van der Waals surface area contributed by atoms with Crippen molar-refractivity contribution >= 4 is 12.1 Å². The molecule has 0 aliphatic carbocycles. The van der Waals surface area contributed by atoms with Gasteiger partial charge in [0, 0.05) is 26.6 Å². The summed E-state index contributed by atoms with van der Waals surface area (Å²) in [6.07, 6.45) is 2.71. The number of hydrogen-bond acceptors (Lipinski definition) is 6. The van der Waals surface area contributed by atoms with E-state index in [1.54, 1.807) is 16.8 Å². The molecule has 2 aliphatic rings. The zero-order valence-electron chi connectivity index (χ0n) is 13.1.